The third kappa shape index (κ3) is 2.50. The lowest BCUT2D eigenvalue weighted by atomic mass is 10.3. The molecular formula is C12H15NO2. The molecule has 2 aromatic heterocycles. The Balaban J connectivity index is 2.04. The molecule has 3 nitrogen and oxygen atoms in total. The predicted octanol–water partition coefficient (Wildman–Crippen LogP) is 2.49. The van der Waals surface area contributed by atoms with Gasteiger partial charge in [-0.25, -0.2) is 0 Å². The number of rotatable bonds is 4. The summed E-state index contributed by atoms with van der Waals surface area (Å²) in [6.45, 7) is 2.70. The molecule has 0 unspecified atom stereocenters. The van der Waals surface area contributed by atoms with Crippen LogP contribution in [0.15, 0.2) is 33.1 Å². The molecule has 0 spiro atoms. The molecule has 2 rings (SSSR count). The van der Waals surface area contributed by atoms with Crippen LogP contribution in [0.2, 0.25) is 0 Å². The van der Waals surface area contributed by atoms with Crippen LogP contribution in [0.1, 0.15) is 23.0 Å². The van der Waals surface area contributed by atoms with E-state index in [9.17, 15) is 0 Å². The Morgan fingerprint density at radius 3 is 2.33 bits per heavy atom. The van der Waals surface area contributed by atoms with Crippen molar-refractivity contribution >= 4 is 0 Å². The molecule has 0 amide bonds. The fourth-order valence-corrected chi connectivity index (χ4v) is 1.54. The molecule has 0 saturated carbocycles. The lowest BCUT2D eigenvalue weighted by molar-refractivity contribution is 0.435. The molecule has 15 heavy (non-hydrogen) atoms. The highest BCUT2D eigenvalue weighted by molar-refractivity contribution is 5.15. The van der Waals surface area contributed by atoms with Crippen LogP contribution < -0.4 is 5.32 Å². The van der Waals surface area contributed by atoms with Crippen molar-refractivity contribution < 1.29 is 8.83 Å². The summed E-state index contributed by atoms with van der Waals surface area (Å²) in [5, 5.41) is 3.05. The molecule has 0 atom stereocenters. The highest BCUT2D eigenvalue weighted by Crippen LogP contribution is 2.15. The van der Waals surface area contributed by atoms with Crippen molar-refractivity contribution in [3.63, 3.8) is 0 Å². The van der Waals surface area contributed by atoms with Gasteiger partial charge in [0.25, 0.3) is 0 Å². The summed E-state index contributed by atoms with van der Waals surface area (Å²) in [6, 6.07) is 7.93. The Morgan fingerprint density at radius 1 is 1.00 bits per heavy atom. The Morgan fingerprint density at radius 2 is 1.67 bits per heavy atom. The maximum Gasteiger partial charge on any atom is 0.117 e. The molecule has 0 fully saturated rings. The zero-order chi connectivity index (χ0) is 10.7. The first kappa shape index (κ1) is 10.1. The molecule has 3 heteroatoms. The van der Waals surface area contributed by atoms with Gasteiger partial charge in [-0.05, 0) is 38.2 Å². The molecule has 0 aliphatic rings. The van der Waals surface area contributed by atoms with Crippen molar-refractivity contribution in [2.75, 3.05) is 7.05 Å². The molecule has 0 bridgehead atoms. The fourth-order valence-electron chi connectivity index (χ4n) is 1.54. The molecule has 0 saturated heterocycles. The van der Waals surface area contributed by atoms with Gasteiger partial charge in [0.05, 0.1) is 13.0 Å². The van der Waals surface area contributed by atoms with Gasteiger partial charge >= 0.3 is 0 Å². The van der Waals surface area contributed by atoms with Crippen LogP contribution in [0.25, 0.3) is 0 Å². The van der Waals surface area contributed by atoms with E-state index < -0.39 is 0 Å². The first-order chi connectivity index (χ1) is 7.28. The van der Waals surface area contributed by atoms with Crippen molar-refractivity contribution in [2.24, 2.45) is 0 Å². The van der Waals surface area contributed by atoms with Gasteiger partial charge in [0.15, 0.2) is 0 Å². The van der Waals surface area contributed by atoms with Crippen molar-refractivity contribution in [2.45, 2.75) is 19.9 Å². The van der Waals surface area contributed by atoms with E-state index in [-0.39, 0.29) is 0 Å². The molecule has 1 N–H and O–H groups in total. The van der Waals surface area contributed by atoms with Crippen LogP contribution in [0, 0.1) is 6.92 Å². The van der Waals surface area contributed by atoms with Gasteiger partial charge in [-0.2, -0.15) is 0 Å². The summed E-state index contributed by atoms with van der Waals surface area (Å²) in [4.78, 5) is 0. The first-order valence-electron chi connectivity index (χ1n) is 5.05. The van der Waals surface area contributed by atoms with Crippen LogP contribution in [0.5, 0.6) is 0 Å². The Labute approximate surface area is 89.1 Å². The SMILES string of the molecule is CNCc1ccc(Cc2ccc(C)o2)o1. The van der Waals surface area contributed by atoms with Crippen LogP contribution in [0.4, 0.5) is 0 Å². The van der Waals surface area contributed by atoms with Gasteiger partial charge in [-0.3, -0.25) is 0 Å². The quantitative estimate of drug-likeness (QED) is 0.833. The summed E-state index contributed by atoms with van der Waals surface area (Å²) in [5.41, 5.74) is 0. The molecule has 80 valence electrons. The van der Waals surface area contributed by atoms with E-state index in [1.54, 1.807) is 0 Å². The highest BCUT2D eigenvalue weighted by Gasteiger charge is 2.05. The van der Waals surface area contributed by atoms with E-state index >= 15 is 0 Å². The fraction of sp³-hybridized carbons (Fsp3) is 0.333. The molecule has 0 radical (unpaired) electrons. The zero-order valence-corrected chi connectivity index (χ0v) is 9.04. The van der Waals surface area contributed by atoms with Crippen molar-refractivity contribution in [1.29, 1.82) is 0 Å². The maximum absolute atomic E-state index is 5.61. The van der Waals surface area contributed by atoms with Crippen LogP contribution in [0.3, 0.4) is 0 Å². The summed E-state index contributed by atoms with van der Waals surface area (Å²) in [7, 11) is 1.90. The van der Waals surface area contributed by atoms with E-state index in [1.807, 2.05) is 38.2 Å². The maximum atomic E-state index is 5.61. The third-order valence-corrected chi connectivity index (χ3v) is 2.21. The van der Waals surface area contributed by atoms with E-state index in [1.165, 1.54) is 0 Å². The first-order valence-corrected chi connectivity index (χ1v) is 5.05. The minimum Gasteiger partial charge on any atom is -0.466 e. The summed E-state index contributed by atoms with van der Waals surface area (Å²) < 4.78 is 11.1. The highest BCUT2D eigenvalue weighted by atomic mass is 16.4. The Hall–Kier alpha value is -1.48. The normalized spacial score (nSPS) is 10.8. The molecular weight excluding hydrogens is 190 g/mol. The molecule has 0 aliphatic carbocycles. The van der Waals surface area contributed by atoms with Gasteiger partial charge in [-0.1, -0.05) is 0 Å². The summed E-state index contributed by atoms with van der Waals surface area (Å²) in [5.74, 6) is 3.77. The Kier molecular flexibility index (Phi) is 2.92. The minimum atomic E-state index is 0.720. The van der Waals surface area contributed by atoms with Crippen LogP contribution in [-0.2, 0) is 13.0 Å². The van der Waals surface area contributed by atoms with Gasteiger partial charge in [0.2, 0.25) is 0 Å². The monoisotopic (exact) mass is 205 g/mol. The van der Waals surface area contributed by atoms with Gasteiger partial charge < -0.3 is 14.2 Å². The number of nitrogens with one attached hydrogen (secondary N) is 1. The molecule has 0 aliphatic heterocycles. The van der Waals surface area contributed by atoms with E-state index in [4.69, 9.17) is 8.83 Å². The topological polar surface area (TPSA) is 38.3 Å². The van der Waals surface area contributed by atoms with Crippen molar-refractivity contribution in [1.82, 2.24) is 5.32 Å². The lowest BCUT2D eigenvalue weighted by Crippen LogP contribution is -2.03. The van der Waals surface area contributed by atoms with Crippen molar-refractivity contribution in [3.8, 4) is 0 Å². The van der Waals surface area contributed by atoms with E-state index in [0.29, 0.717) is 0 Å². The van der Waals surface area contributed by atoms with Crippen LogP contribution in [-0.4, -0.2) is 7.05 Å². The van der Waals surface area contributed by atoms with Gasteiger partial charge in [0, 0.05) is 0 Å². The predicted molar refractivity (Wildman–Crippen MR) is 57.7 cm³/mol. The molecule has 0 aromatic carbocycles. The van der Waals surface area contributed by atoms with Crippen molar-refractivity contribution in [3.05, 3.63) is 47.3 Å². The zero-order valence-electron chi connectivity index (χ0n) is 9.04. The van der Waals surface area contributed by atoms with Gasteiger partial charge in [-0.15, -0.1) is 0 Å². The third-order valence-electron chi connectivity index (χ3n) is 2.21. The Bertz CT molecular complexity index is 428. The number of aryl methyl sites for hydroxylation is 1. The lowest BCUT2D eigenvalue weighted by Gasteiger charge is -1.94. The second kappa shape index (κ2) is 4.36. The second-order valence-corrected chi connectivity index (χ2v) is 3.59. The van der Waals surface area contributed by atoms with E-state index in [2.05, 4.69) is 5.32 Å². The summed E-state index contributed by atoms with van der Waals surface area (Å²) >= 11 is 0. The van der Waals surface area contributed by atoms with Crippen LogP contribution >= 0.6 is 0 Å². The molecule has 2 heterocycles. The summed E-state index contributed by atoms with van der Waals surface area (Å²) in [6.07, 6.45) is 0.720. The smallest absolute Gasteiger partial charge is 0.117 e. The average molecular weight is 205 g/mol. The minimum absolute atomic E-state index is 0.720. The average Bonchev–Trinajstić information content (AvgIpc) is 2.78. The largest absolute Gasteiger partial charge is 0.466 e. The number of hydrogen-bond donors (Lipinski definition) is 1. The molecule has 2 aromatic rings. The number of hydrogen-bond acceptors (Lipinski definition) is 3. The number of furan rings is 2. The van der Waals surface area contributed by atoms with Gasteiger partial charge in [0.1, 0.15) is 23.0 Å². The standard InChI is InChI=1S/C12H15NO2/c1-9-3-4-10(14-9)7-11-5-6-12(15-11)8-13-2/h3-6,13H,7-8H2,1-2H3. The van der Waals surface area contributed by atoms with E-state index in [0.717, 1.165) is 36.0 Å². The second-order valence-electron chi connectivity index (χ2n) is 3.59.